The normalized spacial score (nSPS) is 12.0. The van der Waals surface area contributed by atoms with Crippen molar-refractivity contribution in [2.45, 2.75) is 39.0 Å². The highest BCUT2D eigenvalue weighted by Crippen LogP contribution is 2.29. The van der Waals surface area contributed by atoms with Crippen molar-refractivity contribution in [3.05, 3.63) is 35.4 Å². The predicted molar refractivity (Wildman–Crippen MR) is 63.2 cm³/mol. The number of alkyl halides is 3. The molecule has 1 aromatic rings. The molecule has 0 fully saturated rings. The van der Waals surface area contributed by atoms with Gasteiger partial charge in [0.05, 0.1) is 5.56 Å². The first kappa shape index (κ1) is 14.5. The maximum Gasteiger partial charge on any atom is 0.416 e. The van der Waals surface area contributed by atoms with Gasteiger partial charge < -0.3 is 4.84 Å². The molecule has 99 valence electrons. The quantitative estimate of drug-likeness (QED) is 0.424. The highest BCUT2D eigenvalue weighted by molar-refractivity contribution is 5.56. The number of nitrogens with zero attached hydrogens (tertiary/aromatic N) is 1. The number of hydrogen-bond acceptors (Lipinski definition) is 2. The van der Waals surface area contributed by atoms with Crippen molar-refractivity contribution in [3.63, 3.8) is 0 Å². The van der Waals surface area contributed by atoms with E-state index in [4.69, 9.17) is 4.84 Å². The Hall–Kier alpha value is -1.52. The Morgan fingerprint density at radius 1 is 1.33 bits per heavy atom. The van der Waals surface area contributed by atoms with Crippen molar-refractivity contribution < 1.29 is 18.0 Å². The molecule has 0 N–H and O–H groups in total. The summed E-state index contributed by atoms with van der Waals surface area (Å²) in [6, 6.07) is 5.00. The summed E-state index contributed by atoms with van der Waals surface area (Å²) in [6.45, 7) is 2.06. The summed E-state index contributed by atoms with van der Waals surface area (Å²) in [4.78, 5) is 4.88. The monoisotopic (exact) mass is 258 g/mol. The second-order valence-electron chi connectivity index (χ2n) is 3.82. The SMILES string of the molecule is CCCC/[C]=N/OCc1cccc(C(F)(F)F)c1. The van der Waals surface area contributed by atoms with E-state index in [0.717, 1.165) is 25.0 Å². The number of unbranched alkanes of at least 4 members (excludes halogenated alkanes) is 2. The van der Waals surface area contributed by atoms with Crippen LogP contribution >= 0.6 is 0 Å². The van der Waals surface area contributed by atoms with Gasteiger partial charge in [0.1, 0.15) is 12.8 Å². The zero-order valence-electron chi connectivity index (χ0n) is 10.1. The zero-order chi connectivity index (χ0) is 13.4. The Balaban J connectivity index is 2.46. The summed E-state index contributed by atoms with van der Waals surface area (Å²) in [5.41, 5.74) is -0.242. The summed E-state index contributed by atoms with van der Waals surface area (Å²) < 4.78 is 37.3. The lowest BCUT2D eigenvalue weighted by atomic mass is 10.1. The molecule has 0 aliphatic heterocycles. The van der Waals surface area contributed by atoms with E-state index < -0.39 is 11.7 Å². The van der Waals surface area contributed by atoms with Crippen LogP contribution in [0.25, 0.3) is 0 Å². The van der Waals surface area contributed by atoms with Gasteiger partial charge in [-0.15, -0.1) is 0 Å². The fraction of sp³-hybridized carbons (Fsp3) is 0.462. The highest BCUT2D eigenvalue weighted by atomic mass is 19.4. The molecule has 0 unspecified atom stereocenters. The second-order valence-corrected chi connectivity index (χ2v) is 3.82. The first-order valence-corrected chi connectivity index (χ1v) is 5.75. The minimum atomic E-state index is -4.33. The molecule has 0 aliphatic carbocycles. The average molecular weight is 258 g/mol. The Kier molecular flexibility index (Phi) is 5.68. The largest absolute Gasteiger partial charge is 0.416 e. The van der Waals surface area contributed by atoms with Gasteiger partial charge in [0, 0.05) is 0 Å². The third kappa shape index (κ3) is 5.21. The van der Waals surface area contributed by atoms with Gasteiger partial charge in [-0.25, -0.2) is 0 Å². The molecule has 0 saturated carbocycles. The first-order valence-electron chi connectivity index (χ1n) is 5.75. The van der Waals surface area contributed by atoms with Crippen molar-refractivity contribution in [2.75, 3.05) is 0 Å². The number of rotatable bonds is 6. The standard InChI is InChI=1S/C13H15F3NO/c1-2-3-4-8-17-18-10-11-6-5-7-12(9-11)13(14,15)16/h5-7,9H,2-4,10H2,1H3. The fourth-order valence-electron chi connectivity index (χ4n) is 1.29. The molecule has 0 atom stereocenters. The molecular formula is C13H15F3NO. The zero-order valence-corrected chi connectivity index (χ0v) is 10.1. The molecule has 0 bridgehead atoms. The van der Waals surface area contributed by atoms with E-state index >= 15 is 0 Å². The van der Waals surface area contributed by atoms with Crippen molar-refractivity contribution in [1.29, 1.82) is 0 Å². The molecule has 0 aromatic heterocycles. The van der Waals surface area contributed by atoms with Crippen LogP contribution in [0.2, 0.25) is 0 Å². The van der Waals surface area contributed by atoms with Crippen molar-refractivity contribution in [3.8, 4) is 0 Å². The minimum absolute atomic E-state index is 0.0169. The molecule has 0 heterocycles. The Morgan fingerprint density at radius 2 is 2.11 bits per heavy atom. The topological polar surface area (TPSA) is 21.6 Å². The van der Waals surface area contributed by atoms with Gasteiger partial charge >= 0.3 is 6.18 Å². The van der Waals surface area contributed by atoms with Crippen LogP contribution in [0, 0.1) is 0 Å². The van der Waals surface area contributed by atoms with Crippen LogP contribution in [0.1, 0.15) is 37.3 Å². The van der Waals surface area contributed by atoms with E-state index in [1.54, 1.807) is 6.07 Å². The summed E-state index contributed by atoms with van der Waals surface area (Å²) in [7, 11) is 0. The number of benzene rings is 1. The Morgan fingerprint density at radius 3 is 2.78 bits per heavy atom. The van der Waals surface area contributed by atoms with Gasteiger partial charge in [-0.2, -0.15) is 13.2 Å². The Bertz CT molecular complexity index is 388. The molecule has 0 aliphatic rings. The fourth-order valence-corrected chi connectivity index (χ4v) is 1.29. The molecule has 0 amide bonds. The molecule has 1 rings (SSSR count). The van der Waals surface area contributed by atoms with Crippen LogP contribution in [-0.4, -0.2) is 6.21 Å². The van der Waals surface area contributed by atoms with E-state index in [9.17, 15) is 13.2 Å². The summed E-state index contributed by atoms with van der Waals surface area (Å²) in [5, 5.41) is 3.56. The van der Waals surface area contributed by atoms with E-state index in [1.165, 1.54) is 6.07 Å². The van der Waals surface area contributed by atoms with Gasteiger partial charge in [0.2, 0.25) is 0 Å². The van der Waals surface area contributed by atoms with E-state index in [2.05, 4.69) is 11.4 Å². The number of halogens is 3. The van der Waals surface area contributed by atoms with E-state index in [-0.39, 0.29) is 6.61 Å². The van der Waals surface area contributed by atoms with E-state index in [1.807, 2.05) is 6.92 Å². The van der Waals surface area contributed by atoms with E-state index in [0.29, 0.717) is 12.0 Å². The van der Waals surface area contributed by atoms with Gasteiger partial charge in [-0.1, -0.05) is 30.6 Å². The second kappa shape index (κ2) is 7.03. The minimum Gasteiger partial charge on any atom is -0.391 e. The molecule has 0 spiro atoms. The van der Waals surface area contributed by atoms with Crippen LogP contribution in [0.15, 0.2) is 29.4 Å². The third-order valence-electron chi connectivity index (χ3n) is 2.26. The van der Waals surface area contributed by atoms with Crippen LogP contribution in [0.5, 0.6) is 0 Å². The molecule has 2 nitrogen and oxygen atoms in total. The maximum absolute atomic E-state index is 12.4. The lowest BCUT2D eigenvalue weighted by Crippen LogP contribution is -2.05. The highest BCUT2D eigenvalue weighted by Gasteiger charge is 2.30. The molecule has 5 heteroatoms. The molecule has 1 radical (unpaired) electrons. The van der Waals surface area contributed by atoms with Gasteiger partial charge in [-0.05, 0) is 30.5 Å². The van der Waals surface area contributed by atoms with Crippen molar-refractivity contribution >= 4 is 6.21 Å². The van der Waals surface area contributed by atoms with Gasteiger partial charge in [0.25, 0.3) is 0 Å². The van der Waals surface area contributed by atoms with Crippen LogP contribution in [0.3, 0.4) is 0 Å². The molecule has 18 heavy (non-hydrogen) atoms. The van der Waals surface area contributed by atoms with Crippen LogP contribution < -0.4 is 0 Å². The first-order chi connectivity index (χ1) is 8.54. The van der Waals surface area contributed by atoms with Crippen LogP contribution in [0.4, 0.5) is 13.2 Å². The van der Waals surface area contributed by atoms with Crippen molar-refractivity contribution in [2.24, 2.45) is 5.16 Å². The third-order valence-corrected chi connectivity index (χ3v) is 2.26. The maximum atomic E-state index is 12.4. The van der Waals surface area contributed by atoms with Crippen molar-refractivity contribution in [1.82, 2.24) is 0 Å². The summed E-state index contributed by atoms with van der Waals surface area (Å²) >= 11 is 0. The average Bonchev–Trinajstić information content (AvgIpc) is 2.33. The summed E-state index contributed by atoms with van der Waals surface area (Å²) in [5.74, 6) is 0. The predicted octanol–water partition coefficient (Wildman–Crippen LogP) is 4.28. The lowest BCUT2D eigenvalue weighted by Gasteiger charge is -2.07. The lowest BCUT2D eigenvalue weighted by molar-refractivity contribution is -0.137. The van der Waals surface area contributed by atoms with Gasteiger partial charge in [-0.3, -0.25) is 0 Å². The molecule has 0 saturated heterocycles. The molecule has 1 aromatic carbocycles. The number of hydrogen-bond donors (Lipinski definition) is 0. The summed E-state index contributed by atoms with van der Waals surface area (Å²) in [6.07, 6.45) is 1.06. The molecular weight excluding hydrogens is 243 g/mol. The van der Waals surface area contributed by atoms with Crippen LogP contribution in [-0.2, 0) is 17.6 Å². The Labute approximate surface area is 104 Å². The smallest absolute Gasteiger partial charge is 0.391 e. The van der Waals surface area contributed by atoms with Gasteiger partial charge in [0.15, 0.2) is 0 Å².